The first-order chi connectivity index (χ1) is 8.79. The third kappa shape index (κ3) is 2.37. The van der Waals surface area contributed by atoms with E-state index in [9.17, 15) is 0 Å². The largest absolute Gasteiger partial charge is 0.376 e. The predicted octanol–water partition coefficient (Wildman–Crippen LogP) is 2.69. The van der Waals surface area contributed by atoms with E-state index in [-0.39, 0.29) is 6.10 Å². The van der Waals surface area contributed by atoms with E-state index in [0.29, 0.717) is 30.9 Å². The molecule has 1 aromatic rings. The van der Waals surface area contributed by atoms with Gasteiger partial charge in [-0.15, -0.1) is 0 Å². The first-order valence-electron chi connectivity index (χ1n) is 6.54. The van der Waals surface area contributed by atoms with Crippen molar-refractivity contribution in [2.75, 3.05) is 13.2 Å². The number of rotatable bonds is 4. The summed E-state index contributed by atoms with van der Waals surface area (Å²) in [7, 11) is 0. The summed E-state index contributed by atoms with van der Waals surface area (Å²) in [4.78, 5) is 9.07. The number of hydrogen-bond donors (Lipinski definition) is 0. The summed E-state index contributed by atoms with van der Waals surface area (Å²) in [5.74, 6) is 1.32. The quantitative estimate of drug-likeness (QED) is 0.788. The minimum absolute atomic E-state index is 0.0145. The summed E-state index contributed by atoms with van der Waals surface area (Å²) in [6.07, 6.45) is 3.23. The lowest BCUT2D eigenvalue weighted by Crippen LogP contribution is -2.18. The van der Waals surface area contributed by atoms with Crippen LogP contribution in [0.1, 0.15) is 43.0 Å². The number of nitrogens with zero attached hydrogens (tertiary/aromatic N) is 2. The second kappa shape index (κ2) is 5.11. The molecule has 1 unspecified atom stereocenters. The smallest absolute Gasteiger partial charge is 0.159 e. The lowest BCUT2D eigenvalue weighted by molar-refractivity contribution is 0.0392. The molecular formula is C13H17ClN2O2. The molecule has 0 spiro atoms. The average molecular weight is 269 g/mol. The van der Waals surface area contributed by atoms with Gasteiger partial charge in [0.05, 0.1) is 18.9 Å². The molecule has 0 bridgehead atoms. The van der Waals surface area contributed by atoms with Crippen LogP contribution in [0.25, 0.3) is 0 Å². The molecule has 1 aliphatic heterocycles. The molecule has 1 atom stereocenters. The molecule has 0 saturated heterocycles. The summed E-state index contributed by atoms with van der Waals surface area (Å²) in [6, 6.07) is 0. The van der Waals surface area contributed by atoms with Gasteiger partial charge in [-0.05, 0) is 25.7 Å². The van der Waals surface area contributed by atoms with Gasteiger partial charge in [0, 0.05) is 18.6 Å². The Morgan fingerprint density at radius 3 is 3.00 bits per heavy atom. The van der Waals surface area contributed by atoms with Crippen molar-refractivity contribution in [1.82, 2.24) is 9.97 Å². The Morgan fingerprint density at radius 2 is 2.28 bits per heavy atom. The SMILES string of the molecule is CCOC(c1nc(Cl)c2c(n1)CCOC2)C1CC1. The summed E-state index contributed by atoms with van der Waals surface area (Å²) in [5.41, 5.74) is 1.97. The molecule has 0 amide bonds. The van der Waals surface area contributed by atoms with E-state index < -0.39 is 0 Å². The third-order valence-corrected chi connectivity index (χ3v) is 3.75. The first kappa shape index (κ1) is 12.3. The van der Waals surface area contributed by atoms with Crippen LogP contribution in [0.4, 0.5) is 0 Å². The minimum Gasteiger partial charge on any atom is -0.376 e. The minimum atomic E-state index is 0.0145. The maximum atomic E-state index is 6.23. The number of hydrogen-bond acceptors (Lipinski definition) is 4. The van der Waals surface area contributed by atoms with Crippen LogP contribution in [-0.2, 0) is 22.5 Å². The molecule has 1 fully saturated rings. The van der Waals surface area contributed by atoms with Crippen molar-refractivity contribution in [1.29, 1.82) is 0 Å². The second-order valence-electron chi connectivity index (χ2n) is 4.81. The van der Waals surface area contributed by atoms with E-state index >= 15 is 0 Å². The molecule has 1 aromatic heterocycles. The Kier molecular flexibility index (Phi) is 3.50. The van der Waals surface area contributed by atoms with Crippen LogP contribution in [0.5, 0.6) is 0 Å². The fourth-order valence-electron chi connectivity index (χ4n) is 2.34. The van der Waals surface area contributed by atoms with E-state index in [4.69, 9.17) is 21.1 Å². The zero-order valence-electron chi connectivity index (χ0n) is 10.5. The van der Waals surface area contributed by atoms with Gasteiger partial charge < -0.3 is 9.47 Å². The van der Waals surface area contributed by atoms with Crippen LogP contribution in [0.3, 0.4) is 0 Å². The number of aromatic nitrogens is 2. The van der Waals surface area contributed by atoms with Crippen molar-refractivity contribution in [2.45, 2.75) is 38.9 Å². The van der Waals surface area contributed by atoms with Gasteiger partial charge in [-0.2, -0.15) is 0 Å². The average Bonchev–Trinajstić information content (AvgIpc) is 3.20. The monoisotopic (exact) mass is 268 g/mol. The maximum absolute atomic E-state index is 6.23. The van der Waals surface area contributed by atoms with Crippen molar-refractivity contribution < 1.29 is 9.47 Å². The predicted molar refractivity (Wildman–Crippen MR) is 67.5 cm³/mol. The van der Waals surface area contributed by atoms with Crippen molar-refractivity contribution in [3.63, 3.8) is 0 Å². The molecule has 1 aliphatic carbocycles. The van der Waals surface area contributed by atoms with Gasteiger partial charge in [0.2, 0.25) is 0 Å². The molecule has 2 aliphatic rings. The maximum Gasteiger partial charge on any atom is 0.159 e. The lowest BCUT2D eigenvalue weighted by atomic mass is 10.1. The molecule has 18 heavy (non-hydrogen) atoms. The molecule has 3 rings (SSSR count). The highest BCUT2D eigenvalue weighted by atomic mass is 35.5. The Morgan fingerprint density at radius 1 is 1.44 bits per heavy atom. The highest BCUT2D eigenvalue weighted by Gasteiger charge is 2.35. The molecule has 0 N–H and O–H groups in total. The highest BCUT2D eigenvalue weighted by Crippen LogP contribution is 2.42. The zero-order chi connectivity index (χ0) is 12.5. The van der Waals surface area contributed by atoms with E-state index in [1.54, 1.807) is 0 Å². The molecule has 5 heteroatoms. The van der Waals surface area contributed by atoms with Gasteiger partial charge in [-0.1, -0.05) is 11.6 Å². The fourth-order valence-corrected chi connectivity index (χ4v) is 2.59. The Bertz CT molecular complexity index is 449. The van der Waals surface area contributed by atoms with Crippen molar-refractivity contribution >= 4 is 11.6 Å². The zero-order valence-corrected chi connectivity index (χ0v) is 11.2. The molecule has 1 saturated carbocycles. The lowest BCUT2D eigenvalue weighted by Gasteiger charge is -2.20. The summed E-state index contributed by atoms with van der Waals surface area (Å²) < 4.78 is 11.2. The van der Waals surface area contributed by atoms with E-state index in [0.717, 1.165) is 23.5 Å². The number of ether oxygens (including phenoxy) is 2. The third-order valence-electron chi connectivity index (χ3n) is 3.44. The molecule has 0 aromatic carbocycles. The van der Waals surface area contributed by atoms with Crippen LogP contribution >= 0.6 is 11.6 Å². The molecule has 0 radical (unpaired) electrons. The van der Waals surface area contributed by atoms with Crippen LogP contribution in [0.2, 0.25) is 5.15 Å². The van der Waals surface area contributed by atoms with Gasteiger partial charge in [0.15, 0.2) is 5.82 Å². The van der Waals surface area contributed by atoms with Gasteiger partial charge in [0.1, 0.15) is 11.3 Å². The van der Waals surface area contributed by atoms with E-state index in [1.165, 1.54) is 12.8 Å². The summed E-state index contributed by atoms with van der Waals surface area (Å²) >= 11 is 6.23. The summed E-state index contributed by atoms with van der Waals surface area (Å²) in [6.45, 7) is 3.92. The van der Waals surface area contributed by atoms with Gasteiger partial charge in [-0.3, -0.25) is 0 Å². The van der Waals surface area contributed by atoms with Crippen molar-refractivity contribution in [3.05, 3.63) is 22.2 Å². The Labute approximate surface area is 112 Å². The standard InChI is InChI=1S/C13H17ClN2O2/c1-2-18-11(8-3-4-8)13-15-10-5-6-17-7-9(10)12(14)16-13/h8,11H,2-7H2,1H3. The first-order valence-corrected chi connectivity index (χ1v) is 6.92. The number of fused-ring (bicyclic) bond motifs is 1. The second-order valence-corrected chi connectivity index (χ2v) is 5.17. The molecule has 2 heterocycles. The Balaban J connectivity index is 1.93. The van der Waals surface area contributed by atoms with Gasteiger partial charge in [-0.25, -0.2) is 9.97 Å². The fraction of sp³-hybridized carbons (Fsp3) is 0.692. The topological polar surface area (TPSA) is 44.2 Å². The van der Waals surface area contributed by atoms with Gasteiger partial charge >= 0.3 is 0 Å². The van der Waals surface area contributed by atoms with E-state index in [1.807, 2.05) is 6.92 Å². The van der Waals surface area contributed by atoms with Crippen molar-refractivity contribution in [3.8, 4) is 0 Å². The molecular weight excluding hydrogens is 252 g/mol. The highest BCUT2D eigenvalue weighted by molar-refractivity contribution is 6.30. The number of halogens is 1. The van der Waals surface area contributed by atoms with E-state index in [2.05, 4.69) is 9.97 Å². The van der Waals surface area contributed by atoms with Crippen LogP contribution in [-0.4, -0.2) is 23.2 Å². The van der Waals surface area contributed by atoms with Crippen LogP contribution in [0, 0.1) is 5.92 Å². The molecule has 4 nitrogen and oxygen atoms in total. The van der Waals surface area contributed by atoms with Crippen molar-refractivity contribution in [2.24, 2.45) is 5.92 Å². The molecule has 98 valence electrons. The normalized spacial score (nSPS) is 20.6. The van der Waals surface area contributed by atoms with Crippen LogP contribution < -0.4 is 0 Å². The summed E-state index contributed by atoms with van der Waals surface area (Å²) in [5, 5.41) is 0.528. The Hall–Kier alpha value is -0.710. The van der Waals surface area contributed by atoms with Crippen LogP contribution in [0.15, 0.2) is 0 Å². The van der Waals surface area contributed by atoms with Gasteiger partial charge in [0.25, 0.3) is 0 Å².